The number of carbonyl (C=O) groups is 1. The van der Waals surface area contributed by atoms with Crippen LogP contribution in [0, 0.1) is 5.92 Å². The molecule has 2 fully saturated rings. The second-order valence-corrected chi connectivity index (χ2v) is 6.39. The molecule has 8 heteroatoms. The van der Waals surface area contributed by atoms with Gasteiger partial charge in [-0.1, -0.05) is 0 Å². The van der Waals surface area contributed by atoms with Gasteiger partial charge in [0.15, 0.2) is 10.8 Å². The van der Waals surface area contributed by atoms with Crippen LogP contribution in [0.2, 0.25) is 0 Å². The highest BCUT2D eigenvalue weighted by Gasteiger charge is 2.35. The molecule has 2 aliphatic rings. The fourth-order valence-corrected chi connectivity index (χ4v) is 3.31. The van der Waals surface area contributed by atoms with Crippen molar-refractivity contribution < 1.29 is 18.0 Å². The maximum absolute atomic E-state index is 12.5. The standard InChI is InChI=1S/C13H16F3N3OS/c14-13(15,16)10-7-21-12(18-10)19-5-3-8(4-6-19)11(20)17-9-1-2-9/h7-9H,1-6H2,(H,17,20). The Kier molecular flexibility index (Phi) is 3.81. The second kappa shape index (κ2) is 5.47. The molecular weight excluding hydrogens is 303 g/mol. The Bertz CT molecular complexity index is 519. The largest absolute Gasteiger partial charge is 0.434 e. The van der Waals surface area contributed by atoms with Gasteiger partial charge in [0.1, 0.15) is 0 Å². The third-order valence-electron chi connectivity index (χ3n) is 3.84. The Morgan fingerprint density at radius 3 is 2.48 bits per heavy atom. The second-order valence-electron chi connectivity index (χ2n) is 5.56. The SMILES string of the molecule is O=C(NC1CC1)C1CCN(c2nc(C(F)(F)F)cs2)CC1. The predicted molar refractivity (Wildman–Crippen MR) is 73.2 cm³/mol. The van der Waals surface area contributed by atoms with E-state index in [0.29, 0.717) is 37.1 Å². The highest BCUT2D eigenvalue weighted by Crippen LogP contribution is 2.34. The molecule has 0 aromatic carbocycles. The smallest absolute Gasteiger partial charge is 0.353 e. The molecule has 21 heavy (non-hydrogen) atoms. The van der Waals surface area contributed by atoms with E-state index in [1.165, 1.54) is 0 Å². The first-order chi connectivity index (χ1) is 9.93. The topological polar surface area (TPSA) is 45.2 Å². The van der Waals surface area contributed by atoms with E-state index in [-0.39, 0.29) is 11.8 Å². The van der Waals surface area contributed by atoms with Crippen molar-refractivity contribution >= 4 is 22.4 Å². The van der Waals surface area contributed by atoms with Gasteiger partial charge in [-0.3, -0.25) is 4.79 Å². The van der Waals surface area contributed by atoms with E-state index in [1.54, 1.807) is 0 Å². The fourth-order valence-electron chi connectivity index (χ4n) is 2.42. The third kappa shape index (κ3) is 3.48. The minimum atomic E-state index is -4.39. The molecule has 3 rings (SSSR count). The maximum Gasteiger partial charge on any atom is 0.434 e. The average Bonchev–Trinajstić information content (AvgIpc) is 3.09. The first kappa shape index (κ1) is 14.6. The number of alkyl halides is 3. The van der Waals surface area contributed by atoms with Gasteiger partial charge in [-0.2, -0.15) is 13.2 Å². The lowest BCUT2D eigenvalue weighted by molar-refractivity contribution is -0.140. The summed E-state index contributed by atoms with van der Waals surface area (Å²) in [7, 11) is 0. The van der Waals surface area contributed by atoms with Crippen LogP contribution in [0.15, 0.2) is 5.38 Å². The highest BCUT2D eigenvalue weighted by atomic mass is 32.1. The molecule has 1 aliphatic carbocycles. The molecule has 0 bridgehead atoms. The van der Waals surface area contributed by atoms with Crippen LogP contribution in [0.4, 0.5) is 18.3 Å². The summed E-state index contributed by atoms with van der Waals surface area (Å²) in [5, 5.41) is 4.42. The van der Waals surface area contributed by atoms with Crippen LogP contribution in [0.1, 0.15) is 31.4 Å². The van der Waals surface area contributed by atoms with E-state index in [0.717, 1.165) is 29.6 Å². The number of amides is 1. The molecule has 0 spiro atoms. The van der Waals surface area contributed by atoms with Crippen molar-refractivity contribution in [3.8, 4) is 0 Å². The van der Waals surface area contributed by atoms with Gasteiger partial charge in [-0.05, 0) is 25.7 Å². The van der Waals surface area contributed by atoms with Gasteiger partial charge >= 0.3 is 6.18 Å². The quantitative estimate of drug-likeness (QED) is 0.931. The molecule has 4 nitrogen and oxygen atoms in total. The first-order valence-electron chi connectivity index (χ1n) is 7.01. The summed E-state index contributed by atoms with van der Waals surface area (Å²) >= 11 is 1.01. The number of thiazole rings is 1. The molecule has 0 radical (unpaired) electrons. The van der Waals surface area contributed by atoms with Crippen molar-refractivity contribution in [2.24, 2.45) is 5.92 Å². The molecule has 1 aliphatic heterocycles. The van der Waals surface area contributed by atoms with Gasteiger partial charge in [-0.25, -0.2) is 4.98 Å². The molecule has 116 valence electrons. The number of nitrogens with zero attached hydrogens (tertiary/aromatic N) is 2. The number of hydrogen-bond donors (Lipinski definition) is 1. The number of hydrogen-bond acceptors (Lipinski definition) is 4. The molecule has 1 aromatic rings. The van der Waals surface area contributed by atoms with Crippen molar-refractivity contribution in [3.63, 3.8) is 0 Å². The van der Waals surface area contributed by atoms with Crippen LogP contribution in [-0.2, 0) is 11.0 Å². The van der Waals surface area contributed by atoms with Crippen molar-refractivity contribution in [1.29, 1.82) is 0 Å². The number of piperidine rings is 1. The molecule has 1 amide bonds. The fraction of sp³-hybridized carbons (Fsp3) is 0.692. The maximum atomic E-state index is 12.5. The number of carbonyl (C=O) groups excluding carboxylic acids is 1. The normalized spacial score (nSPS) is 20.6. The van der Waals surface area contributed by atoms with Gasteiger partial charge in [0.2, 0.25) is 5.91 Å². The van der Waals surface area contributed by atoms with Crippen LogP contribution < -0.4 is 10.2 Å². The molecule has 0 unspecified atom stereocenters. The molecule has 1 saturated heterocycles. The van der Waals surface area contributed by atoms with E-state index >= 15 is 0 Å². The van der Waals surface area contributed by atoms with Gasteiger partial charge in [0.05, 0.1) is 0 Å². The van der Waals surface area contributed by atoms with Gasteiger partial charge < -0.3 is 10.2 Å². The van der Waals surface area contributed by atoms with E-state index in [9.17, 15) is 18.0 Å². The molecule has 1 saturated carbocycles. The van der Waals surface area contributed by atoms with Crippen LogP contribution in [0.25, 0.3) is 0 Å². The highest BCUT2D eigenvalue weighted by molar-refractivity contribution is 7.13. The molecule has 2 heterocycles. The zero-order valence-corrected chi connectivity index (χ0v) is 12.1. The monoisotopic (exact) mass is 319 g/mol. The van der Waals surface area contributed by atoms with Gasteiger partial charge in [0.25, 0.3) is 0 Å². The zero-order valence-electron chi connectivity index (χ0n) is 11.3. The zero-order chi connectivity index (χ0) is 15.0. The first-order valence-corrected chi connectivity index (χ1v) is 7.89. The van der Waals surface area contributed by atoms with E-state index < -0.39 is 11.9 Å². The molecule has 1 N–H and O–H groups in total. The lowest BCUT2D eigenvalue weighted by Crippen LogP contribution is -2.41. The van der Waals surface area contributed by atoms with E-state index in [4.69, 9.17) is 0 Å². The molecular formula is C13H16F3N3OS. The molecule has 1 aromatic heterocycles. The number of nitrogens with one attached hydrogen (secondary N) is 1. The summed E-state index contributed by atoms with van der Waals surface area (Å²) in [6.45, 7) is 1.15. The Balaban J connectivity index is 1.55. The number of aromatic nitrogens is 1. The van der Waals surface area contributed by atoms with Crippen molar-refractivity contribution in [2.45, 2.75) is 37.9 Å². The summed E-state index contributed by atoms with van der Waals surface area (Å²) in [6, 6.07) is 0.351. The lowest BCUT2D eigenvalue weighted by Gasteiger charge is -2.31. The van der Waals surface area contributed by atoms with Crippen LogP contribution in [0.3, 0.4) is 0 Å². The Hall–Kier alpha value is -1.31. The Morgan fingerprint density at radius 1 is 1.29 bits per heavy atom. The average molecular weight is 319 g/mol. The summed E-state index contributed by atoms with van der Waals surface area (Å²) in [5.41, 5.74) is -0.837. The number of halogens is 3. The summed E-state index contributed by atoms with van der Waals surface area (Å²) in [4.78, 5) is 17.4. The number of rotatable bonds is 3. The van der Waals surface area contributed by atoms with Crippen molar-refractivity contribution in [1.82, 2.24) is 10.3 Å². The minimum Gasteiger partial charge on any atom is -0.353 e. The van der Waals surface area contributed by atoms with Crippen LogP contribution >= 0.6 is 11.3 Å². The molecule has 0 atom stereocenters. The van der Waals surface area contributed by atoms with E-state index in [1.807, 2.05) is 4.90 Å². The van der Waals surface area contributed by atoms with Crippen LogP contribution in [0.5, 0.6) is 0 Å². The summed E-state index contributed by atoms with van der Waals surface area (Å²) in [5.74, 6) is 0.0659. The van der Waals surface area contributed by atoms with E-state index in [2.05, 4.69) is 10.3 Å². The van der Waals surface area contributed by atoms with Gasteiger partial charge in [0, 0.05) is 30.4 Å². The van der Waals surface area contributed by atoms with Crippen molar-refractivity contribution in [3.05, 3.63) is 11.1 Å². The summed E-state index contributed by atoms with van der Waals surface area (Å²) < 4.78 is 37.6. The Labute approximate surface area is 124 Å². The lowest BCUT2D eigenvalue weighted by atomic mass is 9.96. The summed E-state index contributed by atoms with van der Waals surface area (Å²) in [6.07, 6.45) is -0.940. The van der Waals surface area contributed by atoms with Crippen molar-refractivity contribution in [2.75, 3.05) is 18.0 Å². The van der Waals surface area contributed by atoms with Gasteiger partial charge in [-0.15, -0.1) is 11.3 Å². The minimum absolute atomic E-state index is 0.0242. The number of anilines is 1. The van der Waals surface area contributed by atoms with Crippen LogP contribution in [-0.4, -0.2) is 30.0 Å². The third-order valence-corrected chi connectivity index (χ3v) is 4.74. The Morgan fingerprint density at radius 2 is 1.95 bits per heavy atom. The predicted octanol–water partition coefficient (Wildman–Crippen LogP) is 2.66.